The molecule has 0 saturated heterocycles. The van der Waals surface area contributed by atoms with Gasteiger partial charge in [-0.2, -0.15) is 9.67 Å². The summed E-state index contributed by atoms with van der Waals surface area (Å²) in [5.74, 6) is 0.826. The van der Waals surface area contributed by atoms with E-state index in [1.54, 1.807) is 0 Å². The van der Waals surface area contributed by atoms with Crippen molar-refractivity contribution in [2.75, 3.05) is 6.61 Å². The summed E-state index contributed by atoms with van der Waals surface area (Å²) in [4.78, 5) is 4.09. The Hall–Kier alpha value is -1.42. The van der Waals surface area contributed by atoms with Crippen LogP contribution in [0.4, 0.5) is 0 Å². The third kappa shape index (κ3) is 4.74. The van der Waals surface area contributed by atoms with E-state index in [4.69, 9.17) is 20.2 Å². The zero-order valence-corrected chi connectivity index (χ0v) is 20.3. The number of benzene rings is 1. The van der Waals surface area contributed by atoms with Crippen molar-refractivity contribution in [1.29, 1.82) is 0 Å². The van der Waals surface area contributed by atoms with Crippen molar-refractivity contribution >= 4 is 27.8 Å². The fourth-order valence-electron chi connectivity index (χ4n) is 4.08. The van der Waals surface area contributed by atoms with Gasteiger partial charge < -0.3 is 9.47 Å². The Morgan fingerprint density at radius 1 is 1.10 bits per heavy atom. The summed E-state index contributed by atoms with van der Waals surface area (Å²) in [6, 6.07) is 3.42. The average molecular weight is 470 g/mol. The Morgan fingerprint density at radius 2 is 1.73 bits per heavy atom. The number of ether oxygens (including phenoxy) is 2. The number of rotatable bonds is 8. The molecular formula is C20H28ClN3O4SSi. The van der Waals surface area contributed by atoms with Crippen LogP contribution in [-0.4, -0.2) is 37.9 Å². The first-order valence-corrected chi connectivity index (χ1v) is 16.4. The average Bonchev–Trinajstić information content (AvgIpc) is 3.36. The van der Waals surface area contributed by atoms with E-state index in [9.17, 15) is 8.42 Å². The molecule has 0 bridgehead atoms. The number of halogens is 1. The van der Waals surface area contributed by atoms with E-state index in [0.29, 0.717) is 6.61 Å². The summed E-state index contributed by atoms with van der Waals surface area (Å²) in [5.41, 5.74) is 5.07. The minimum Gasteiger partial charge on any atom is -0.424 e. The van der Waals surface area contributed by atoms with Gasteiger partial charge in [-0.1, -0.05) is 25.7 Å². The third-order valence-electron chi connectivity index (χ3n) is 5.66. The molecule has 0 N–H and O–H groups in total. The van der Waals surface area contributed by atoms with E-state index < -0.39 is 22.3 Å². The Bertz CT molecular complexity index is 1030. The molecule has 1 aromatic heterocycles. The molecule has 2 aliphatic rings. The maximum absolute atomic E-state index is 11.8. The fourth-order valence-corrected chi connectivity index (χ4v) is 5.41. The highest BCUT2D eigenvalue weighted by molar-refractivity contribution is 8.13. The van der Waals surface area contributed by atoms with E-state index in [-0.39, 0.29) is 12.7 Å². The molecule has 164 valence electrons. The molecule has 30 heavy (non-hydrogen) atoms. The van der Waals surface area contributed by atoms with Gasteiger partial charge in [0.1, 0.15) is 12.5 Å². The molecular weight excluding hydrogens is 442 g/mol. The van der Waals surface area contributed by atoms with Gasteiger partial charge in [0.2, 0.25) is 0 Å². The van der Waals surface area contributed by atoms with Crippen LogP contribution in [0.1, 0.15) is 35.1 Å². The Labute approximate surface area is 183 Å². The van der Waals surface area contributed by atoms with Crippen LogP contribution in [-0.2, 0) is 46.2 Å². The molecule has 2 aliphatic carbocycles. The molecule has 0 unspecified atom stereocenters. The molecule has 0 atom stereocenters. The van der Waals surface area contributed by atoms with Crippen molar-refractivity contribution in [1.82, 2.24) is 14.8 Å². The van der Waals surface area contributed by atoms with Gasteiger partial charge in [0.25, 0.3) is 14.2 Å². The van der Waals surface area contributed by atoms with Gasteiger partial charge in [-0.05, 0) is 66.8 Å². The Morgan fingerprint density at radius 3 is 2.30 bits per heavy atom. The minimum absolute atomic E-state index is 0.0659. The standard InChI is InChI=1S/C20H28ClN3O4SSi/c1-30(2,3)11-10-27-13-24-20(22-19(23-24)29(21,25)26)28-18-16-8-4-6-14(16)12-15-7-5-9-17(15)18/h12H,4-11,13H2,1-3H3. The van der Waals surface area contributed by atoms with Crippen LogP contribution < -0.4 is 4.74 Å². The molecule has 0 aliphatic heterocycles. The van der Waals surface area contributed by atoms with Gasteiger partial charge in [-0.3, -0.25) is 0 Å². The molecule has 2 aromatic rings. The van der Waals surface area contributed by atoms with Gasteiger partial charge in [0, 0.05) is 25.4 Å². The van der Waals surface area contributed by atoms with E-state index >= 15 is 0 Å². The monoisotopic (exact) mass is 469 g/mol. The molecule has 0 radical (unpaired) electrons. The van der Waals surface area contributed by atoms with E-state index in [1.165, 1.54) is 26.9 Å². The lowest BCUT2D eigenvalue weighted by atomic mass is 10.0. The van der Waals surface area contributed by atoms with Crippen molar-refractivity contribution in [2.24, 2.45) is 0 Å². The van der Waals surface area contributed by atoms with Crippen molar-refractivity contribution in [3.8, 4) is 11.8 Å². The topological polar surface area (TPSA) is 83.3 Å². The second-order valence-electron chi connectivity index (χ2n) is 9.25. The number of hydrogen-bond acceptors (Lipinski definition) is 6. The minimum atomic E-state index is -4.07. The van der Waals surface area contributed by atoms with Crippen LogP contribution in [0.15, 0.2) is 11.2 Å². The van der Waals surface area contributed by atoms with Crippen LogP contribution in [0, 0.1) is 0 Å². The third-order valence-corrected chi connectivity index (χ3v) is 8.38. The molecule has 1 aromatic carbocycles. The van der Waals surface area contributed by atoms with Crippen molar-refractivity contribution in [3.63, 3.8) is 0 Å². The molecule has 0 fully saturated rings. The van der Waals surface area contributed by atoms with Gasteiger partial charge in [0.05, 0.1) is 0 Å². The summed E-state index contributed by atoms with van der Waals surface area (Å²) in [6.45, 7) is 7.46. The number of aryl methyl sites for hydroxylation is 2. The number of nitrogens with zero attached hydrogens (tertiary/aromatic N) is 3. The van der Waals surface area contributed by atoms with Gasteiger partial charge >= 0.3 is 6.01 Å². The second kappa shape index (κ2) is 8.25. The first-order valence-electron chi connectivity index (χ1n) is 10.4. The zero-order chi connectivity index (χ0) is 21.5. The van der Waals surface area contributed by atoms with Crippen LogP contribution in [0.2, 0.25) is 25.7 Å². The van der Waals surface area contributed by atoms with E-state index in [0.717, 1.165) is 50.3 Å². The SMILES string of the molecule is C[Si](C)(C)CCOCn1nc(S(=O)(=O)Cl)nc1Oc1c2c(cc3c1CCC3)CCC2. The lowest BCUT2D eigenvalue weighted by Gasteiger charge is -2.17. The van der Waals surface area contributed by atoms with Crippen molar-refractivity contribution in [2.45, 2.75) is 76.1 Å². The van der Waals surface area contributed by atoms with Crippen LogP contribution >= 0.6 is 10.7 Å². The van der Waals surface area contributed by atoms with Gasteiger partial charge in [-0.15, -0.1) is 5.10 Å². The molecule has 10 heteroatoms. The number of hydrogen-bond donors (Lipinski definition) is 0. The molecule has 1 heterocycles. The second-order valence-corrected chi connectivity index (χ2v) is 17.3. The summed E-state index contributed by atoms with van der Waals surface area (Å²) >= 11 is 0. The number of aromatic nitrogens is 3. The summed E-state index contributed by atoms with van der Waals surface area (Å²) in [6.07, 6.45) is 6.21. The maximum atomic E-state index is 11.8. The molecule has 0 saturated carbocycles. The highest BCUT2D eigenvalue weighted by atomic mass is 35.7. The normalized spacial score (nSPS) is 16.0. The fraction of sp³-hybridized carbons (Fsp3) is 0.600. The smallest absolute Gasteiger partial charge is 0.323 e. The zero-order valence-electron chi connectivity index (χ0n) is 17.7. The van der Waals surface area contributed by atoms with Crippen LogP contribution in [0.3, 0.4) is 0 Å². The van der Waals surface area contributed by atoms with Crippen molar-refractivity contribution in [3.05, 3.63) is 28.3 Å². The van der Waals surface area contributed by atoms with Crippen LogP contribution in [0.25, 0.3) is 0 Å². The predicted octanol–water partition coefficient (Wildman–Crippen LogP) is 4.29. The summed E-state index contributed by atoms with van der Waals surface area (Å²) in [7, 11) is 0.189. The summed E-state index contributed by atoms with van der Waals surface area (Å²) in [5, 5.41) is 3.58. The largest absolute Gasteiger partial charge is 0.424 e. The van der Waals surface area contributed by atoms with Gasteiger partial charge in [-0.25, -0.2) is 8.42 Å². The Balaban J connectivity index is 1.64. The Kier molecular flexibility index (Phi) is 6.00. The van der Waals surface area contributed by atoms with Crippen molar-refractivity contribution < 1.29 is 17.9 Å². The maximum Gasteiger partial charge on any atom is 0.323 e. The quantitative estimate of drug-likeness (QED) is 0.326. The highest BCUT2D eigenvalue weighted by Gasteiger charge is 2.28. The van der Waals surface area contributed by atoms with E-state index in [2.05, 4.69) is 35.8 Å². The van der Waals surface area contributed by atoms with Crippen LogP contribution in [0.5, 0.6) is 11.8 Å². The lowest BCUT2D eigenvalue weighted by Crippen LogP contribution is -2.22. The number of fused-ring (bicyclic) bond motifs is 2. The first kappa shape index (κ1) is 21.8. The lowest BCUT2D eigenvalue weighted by molar-refractivity contribution is 0.0723. The first-order chi connectivity index (χ1) is 14.1. The van der Waals surface area contributed by atoms with Gasteiger partial charge in [0.15, 0.2) is 0 Å². The van der Waals surface area contributed by atoms with E-state index in [1.807, 2.05) is 0 Å². The molecule has 0 spiro atoms. The molecule has 7 nitrogen and oxygen atoms in total. The molecule has 0 amide bonds. The summed E-state index contributed by atoms with van der Waals surface area (Å²) < 4.78 is 37.0. The highest BCUT2D eigenvalue weighted by Crippen LogP contribution is 2.42. The molecule has 4 rings (SSSR count). The predicted molar refractivity (Wildman–Crippen MR) is 118 cm³/mol.